The van der Waals surface area contributed by atoms with Crippen molar-refractivity contribution in [2.75, 3.05) is 4.72 Å². The molecular formula is C24H19Cl2N5O3S2. The van der Waals surface area contributed by atoms with Crippen molar-refractivity contribution in [2.45, 2.75) is 22.6 Å². The van der Waals surface area contributed by atoms with Crippen molar-refractivity contribution in [1.82, 2.24) is 9.78 Å². The van der Waals surface area contributed by atoms with Crippen molar-refractivity contribution >= 4 is 56.8 Å². The summed E-state index contributed by atoms with van der Waals surface area (Å²) in [5, 5.41) is 10.6. The Morgan fingerprint density at radius 1 is 1.00 bits per heavy atom. The molecule has 1 aromatic heterocycles. The highest BCUT2D eigenvalue weighted by Gasteiger charge is 2.29. The maximum Gasteiger partial charge on any atom is 0.269 e. The molecule has 1 heterocycles. The molecule has 1 aliphatic carbocycles. The summed E-state index contributed by atoms with van der Waals surface area (Å²) < 4.78 is 30.3. The number of amides is 1. The van der Waals surface area contributed by atoms with Crippen molar-refractivity contribution in [3.05, 3.63) is 87.5 Å². The lowest BCUT2D eigenvalue weighted by molar-refractivity contribution is 0.0994. The number of hydrogen-bond acceptors (Lipinski definition) is 6. The number of halogens is 2. The smallest absolute Gasteiger partial charge is 0.269 e. The second-order valence-corrected chi connectivity index (χ2v) is 11.3. The Balaban J connectivity index is 1.61. The zero-order valence-electron chi connectivity index (χ0n) is 18.5. The lowest BCUT2D eigenvalue weighted by atomic mass is 9.88. The Labute approximate surface area is 221 Å². The van der Waals surface area contributed by atoms with Crippen molar-refractivity contribution in [2.24, 2.45) is 10.9 Å². The zero-order chi connectivity index (χ0) is 25.6. The molecule has 0 atom stereocenters. The predicted octanol–water partition coefficient (Wildman–Crippen LogP) is 4.81. The topological polar surface area (TPSA) is 133 Å². The second-order valence-electron chi connectivity index (χ2n) is 8.12. The minimum atomic E-state index is -3.94. The van der Waals surface area contributed by atoms with E-state index < -0.39 is 15.9 Å². The van der Waals surface area contributed by atoms with Crippen molar-refractivity contribution in [3.8, 4) is 16.9 Å². The van der Waals surface area contributed by atoms with E-state index in [1.807, 2.05) is 30.3 Å². The van der Waals surface area contributed by atoms with E-state index in [0.717, 1.165) is 33.5 Å². The minimum absolute atomic E-state index is 0.0192. The predicted molar refractivity (Wildman–Crippen MR) is 142 cm³/mol. The average Bonchev–Trinajstić information content (AvgIpc) is 3.26. The minimum Gasteiger partial charge on any atom is -0.364 e. The number of benzene rings is 3. The third-order valence-corrected chi connectivity index (χ3v) is 8.56. The SMILES string of the molecule is NSc1ccc(-n2nc(C(N)=O)c3c2-c2cc(NS(=O)(=O)c4ccc(Cl)c(Cl)c4)ccc2CC3)cc1. The lowest BCUT2D eigenvalue weighted by Gasteiger charge is -2.20. The molecule has 36 heavy (non-hydrogen) atoms. The summed E-state index contributed by atoms with van der Waals surface area (Å²) in [7, 11) is -3.94. The molecule has 184 valence electrons. The van der Waals surface area contributed by atoms with Crippen LogP contribution in [-0.2, 0) is 22.9 Å². The number of carbonyl (C=O) groups excluding carboxylic acids is 1. The molecule has 0 fully saturated rings. The van der Waals surface area contributed by atoms with Crippen LogP contribution in [0.15, 0.2) is 70.5 Å². The molecule has 0 unspecified atom stereocenters. The lowest BCUT2D eigenvalue weighted by Crippen LogP contribution is -2.16. The Bertz CT molecular complexity index is 1620. The number of aryl methyl sites for hydroxylation is 1. The van der Waals surface area contributed by atoms with E-state index in [2.05, 4.69) is 9.82 Å². The first kappa shape index (κ1) is 24.7. The number of carbonyl (C=O) groups is 1. The highest BCUT2D eigenvalue weighted by molar-refractivity contribution is 7.97. The van der Waals surface area contributed by atoms with Gasteiger partial charge in [-0.15, -0.1) is 0 Å². The van der Waals surface area contributed by atoms with Crippen molar-refractivity contribution in [3.63, 3.8) is 0 Å². The summed E-state index contributed by atoms with van der Waals surface area (Å²) in [6.07, 6.45) is 1.22. The van der Waals surface area contributed by atoms with Gasteiger partial charge in [0.2, 0.25) is 0 Å². The third-order valence-electron chi connectivity index (χ3n) is 5.90. The van der Waals surface area contributed by atoms with E-state index in [0.29, 0.717) is 29.9 Å². The van der Waals surface area contributed by atoms with Crippen LogP contribution in [0.4, 0.5) is 5.69 Å². The van der Waals surface area contributed by atoms with E-state index in [1.165, 1.54) is 18.2 Å². The molecule has 0 saturated heterocycles. The largest absolute Gasteiger partial charge is 0.364 e. The van der Waals surface area contributed by atoms with Gasteiger partial charge in [0.25, 0.3) is 15.9 Å². The van der Waals surface area contributed by atoms with Crippen LogP contribution in [-0.4, -0.2) is 24.1 Å². The fraction of sp³-hybridized carbons (Fsp3) is 0.0833. The zero-order valence-corrected chi connectivity index (χ0v) is 21.7. The summed E-state index contributed by atoms with van der Waals surface area (Å²) in [5.74, 6) is -0.626. The number of nitrogens with two attached hydrogens (primary N) is 2. The van der Waals surface area contributed by atoms with Gasteiger partial charge in [0.1, 0.15) is 0 Å². The second kappa shape index (κ2) is 9.45. The Morgan fingerprint density at radius 3 is 2.42 bits per heavy atom. The van der Waals surface area contributed by atoms with Crippen molar-refractivity contribution < 1.29 is 13.2 Å². The van der Waals surface area contributed by atoms with Gasteiger partial charge in [-0.3, -0.25) is 14.7 Å². The molecule has 8 nitrogen and oxygen atoms in total. The first-order valence-electron chi connectivity index (χ1n) is 10.7. The quantitative estimate of drug-likeness (QED) is 0.290. The van der Waals surface area contributed by atoms with Gasteiger partial charge in [-0.05, 0) is 85.0 Å². The number of rotatable bonds is 6. The monoisotopic (exact) mass is 559 g/mol. The van der Waals surface area contributed by atoms with E-state index in [-0.39, 0.29) is 20.6 Å². The van der Waals surface area contributed by atoms with E-state index in [4.69, 9.17) is 34.1 Å². The Kier molecular flexibility index (Phi) is 6.48. The highest BCUT2D eigenvalue weighted by Crippen LogP contribution is 2.39. The molecule has 0 spiro atoms. The highest BCUT2D eigenvalue weighted by atomic mass is 35.5. The molecule has 0 saturated carbocycles. The Hall–Kier alpha value is -3.02. The van der Waals surface area contributed by atoms with Gasteiger partial charge >= 0.3 is 0 Å². The van der Waals surface area contributed by atoms with Crippen LogP contribution in [0, 0.1) is 0 Å². The van der Waals surface area contributed by atoms with E-state index >= 15 is 0 Å². The fourth-order valence-corrected chi connectivity index (χ4v) is 5.94. The van der Waals surface area contributed by atoms with Gasteiger partial charge in [-0.25, -0.2) is 13.1 Å². The van der Waals surface area contributed by atoms with Gasteiger partial charge in [-0.2, -0.15) is 5.10 Å². The number of fused-ring (bicyclic) bond motifs is 3. The summed E-state index contributed by atoms with van der Waals surface area (Å²) >= 11 is 13.1. The Morgan fingerprint density at radius 2 is 1.75 bits per heavy atom. The van der Waals surface area contributed by atoms with E-state index in [1.54, 1.807) is 16.8 Å². The standard InChI is InChI=1S/C24H19Cl2N5O3S2/c25-20-10-8-17(12-21(20)26)36(33,34)30-14-3-1-13-2-9-18-22(24(27)32)29-31(23(18)19(13)11-14)15-4-6-16(35-28)7-5-15/h1,3-8,10-12,30H,2,9,28H2,(H2,27,32). The molecule has 12 heteroatoms. The van der Waals surface area contributed by atoms with Crippen LogP contribution in [0.1, 0.15) is 21.6 Å². The molecule has 0 radical (unpaired) electrons. The molecule has 5 rings (SSSR count). The molecular weight excluding hydrogens is 541 g/mol. The molecule has 0 bridgehead atoms. The summed E-state index contributed by atoms with van der Waals surface area (Å²) in [5.41, 5.74) is 10.0. The molecule has 1 aliphatic rings. The molecule has 3 aromatic carbocycles. The molecule has 5 N–H and O–H groups in total. The number of primary amides is 1. The molecule has 4 aromatic rings. The van der Waals surface area contributed by atoms with Gasteiger partial charge in [0.15, 0.2) is 5.69 Å². The number of nitrogens with zero attached hydrogens (tertiary/aromatic N) is 2. The summed E-state index contributed by atoms with van der Waals surface area (Å²) in [6.45, 7) is 0. The average molecular weight is 560 g/mol. The van der Waals surface area contributed by atoms with Crippen LogP contribution in [0.25, 0.3) is 16.9 Å². The van der Waals surface area contributed by atoms with E-state index in [9.17, 15) is 13.2 Å². The third kappa shape index (κ3) is 4.46. The number of aromatic nitrogens is 2. The molecule has 0 aliphatic heterocycles. The fourth-order valence-electron chi connectivity index (χ4n) is 4.21. The summed E-state index contributed by atoms with van der Waals surface area (Å²) in [6, 6.07) is 16.8. The van der Waals surface area contributed by atoms with Crippen molar-refractivity contribution in [1.29, 1.82) is 0 Å². The maximum atomic E-state index is 13.0. The molecule has 1 amide bonds. The van der Waals surface area contributed by atoms with Gasteiger partial charge in [-0.1, -0.05) is 29.3 Å². The van der Waals surface area contributed by atoms with Crippen LogP contribution in [0.2, 0.25) is 10.0 Å². The summed E-state index contributed by atoms with van der Waals surface area (Å²) in [4.78, 5) is 13.1. The number of sulfonamides is 1. The van der Waals surface area contributed by atoms with Gasteiger partial charge < -0.3 is 5.73 Å². The van der Waals surface area contributed by atoms with Gasteiger partial charge in [0, 0.05) is 21.7 Å². The van der Waals surface area contributed by atoms with Crippen LogP contribution < -0.4 is 15.6 Å². The first-order valence-corrected chi connectivity index (χ1v) is 13.8. The number of hydrogen-bond donors (Lipinski definition) is 3. The van der Waals surface area contributed by atoms with Crippen LogP contribution in [0.3, 0.4) is 0 Å². The first-order chi connectivity index (χ1) is 17.2. The number of nitrogens with one attached hydrogen (secondary N) is 1. The van der Waals surface area contributed by atoms with Crippen LogP contribution >= 0.6 is 35.1 Å². The van der Waals surface area contributed by atoms with Gasteiger partial charge in [0.05, 0.1) is 26.3 Å². The van der Waals surface area contributed by atoms with Crippen LogP contribution in [0.5, 0.6) is 0 Å². The normalized spacial score (nSPS) is 12.6. The number of anilines is 1. The maximum absolute atomic E-state index is 13.0.